The number of hydrogen-bond acceptors (Lipinski definition) is 4. The van der Waals surface area contributed by atoms with Crippen molar-refractivity contribution in [1.82, 2.24) is 14.7 Å². The zero-order valence-corrected chi connectivity index (χ0v) is 7.58. The van der Waals surface area contributed by atoms with Gasteiger partial charge in [-0.25, -0.2) is 14.4 Å². The van der Waals surface area contributed by atoms with E-state index < -0.39 is 17.1 Å². The Kier molecular flexibility index (Phi) is 1.77. The van der Waals surface area contributed by atoms with Crippen LogP contribution in [0.15, 0.2) is 14.4 Å². The van der Waals surface area contributed by atoms with Gasteiger partial charge >= 0.3 is 17.1 Å². The van der Waals surface area contributed by atoms with E-state index in [9.17, 15) is 14.4 Å². The quantitative estimate of drug-likeness (QED) is 0.424. The van der Waals surface area contributed by atoms with Gasteiger partial charge in [0.1, 0.15) is 0 Å². The van der Waals surface area contributed by atoms with E-state index in [2.05, 4.69) is 4.53 Å². The molecule has 0 amide bonds. The largest absolute Gasteiger partial charge is 0.474 e. The van der Waals surface area contributed by atoms with Crippen LogP contribution in [0.2, 0.25) is 0 Å². The Balaban J connectivity index is 3.63. The number of nitrogens with zero attached hydrogens (tertiary/aromatic N) is 1. The lowest BCUT2D eigenvalue weighted by atomic mass is 11.0. The third-order valence-corrected chi connectivity index (χ3v) is 1.36. The lowest BCUT2D eigenvalue weighted by Crippen LogP contribution is -2.45. The van der Waals surface area contributed by atoms with Gasteiger partial charge in [-0.3, -0.25) is 9.97 Å². The summed E-state index contributed by atoms with van der Waals surface area (Å²) in [5.41, 5.74) is -2.57. The fraction of sp³-hybridized carbons (Fsp3) is 0. The third-order valence-electron chi connectivity index (χ3n) is 0.992. The summed E-state index contributed by atoms with van der Waals surface area (Å²) in [6.45, 7) is 0. The first-order valence-electron chi connectivity index (χ1n) is 2.65. The van der Waals surface area contributed by atoms with Crippen LogP contribution in [0.4, 0.5) is 0 Å². The minimum Gasteiger partial charge on any atom is -0.474 e. The number of hydrogen-bond donors (Lipinski definition) is 2. The van der Waals surface area contributed by atoms with Crippen LogP contribution in [0.5, 0.6) is 0 Å². The minimum absolute atomic E-state index is 0.193. The maximum absolute atomic E-state index is 10.7. The SMILES string of the molecule is O=c1[nH]c(=O)n(O[SiH3])c(=O)[nH]1. The molecule has 0 bridgehead atoms. The van der Waals surface area contributed by atoms with E-state index in [1.165, 1.54) is 0 Å². The Labute approximate surface area is 62.1 Å². The number of rotatable bonds is 1. The second-order valence-corrected chi connectivity index (χ2v) is 2.03. The van der Waals surface area contributed by atoms with Gasteiger partial charge in [0.25, 0.3) is 0 Å². The van der Waals surface area contributed by atoms with Gasteiger partial charge in [-0.2, -0.15) is 0 Å². The molecular weight excluding hydrogens is 170 g/mol. The van der Waals surface area contributed by atoms with Crippen molar-refractivity contribution in [2.45, 2.75) is 0 Å². The summed E-state index contributed by atoms with van der Waals surface area (Å²) in [6, 6.07) is 0. The smallest absolute Gasteiger partial charge is 0.365 e. The molecule has 1 aromatic heterocycles. The van der Waals surface area contributed by atoms with Gasteiger partial charge in [0.05, 0.1) is 0 Å². The molecule has 1 heterocycles. The number of H-pyrrole nitrogens is 2. The Morgan fingerprint density at radius 3 is 2.00 bits per heavy atom. The molecule has 0 saturated heterocycles. The van der Waals surface area contributed by atoms with Crippen LogP contribution in [0.3, 0.4) is 0 Å². The highest BCUT2D eigenvalue weighted by Crippen LogP contribution is 1.47. The molecule has 0 fully saturated rings. The van der Waals surface area contributed by atoms with Gasteiger partial charge < -0.3 is 4.53 Å². The van der Waals surface area contributed by atoms with Crippen LogP contribution in [0.1, 0.15) is 0 Å². The third kappa shape index (κ3) is 1.29. The van der Waals surface area contributed by atoms with Gasteiger partial charge in [0.2, 0.25) is 10.5 Å². The molecule has 0 aliphatic heterocycles. The maximum Gasteiger partial charge on any atom is 0.365 e. The fourth-order valence-electron chi connectivity index (χ4n) is 0.585. The van der Waals surface area contributed by atoms with Crippen LogP contribution >= 0.6 is 0 Å². The van der Waals surface area contributed by atoms with E-state index in [1.54, 1.807) is 0 Å². The molecule has 2 N–H and O–H groups in total. The highest BCUT2D eigenvalue weighted by molar-refractivity contribution is 5.98. The number of nitrogens with one attached hydrogen (secondary N) is 2. The number of aromatic amines is 2. The molecule has 0 spiro atoms. The van der Waals surface area contributed by atoms with Gasteiger partial charge in [-0.05, 0) is 0 Å². The fourth-order valence-corrected chi connectivity index (χ4v) is 0.917. The van der Waals surface area contributed by atoms with E-state index >= 15 is 0 Å². The second kappa shape index (κ2) is 2.58. The van der Waals surface area contributed by atoms with Crippen molar-refractivity contribution < 1.29 is 4.53 Å². The van der Waals surface area contributed by atoms with Gasteiger partial charge in [0.15, 0.2) is 0 Å². The van der Waals surface area contributed by atoms with Crippen molar-refractivity contribution in [2.75, 3.05) is 0 Å². The normalized spacial score (nSPS) is 9.82. The van der Waals surface area contributed by atoms with Gasteiger partial charge in [-0.15, -0.1) is 0 Å². The average molecular weight is 175 g/mol. The van der Waals surface area contributed by atoms with Crippen LogP contribution in [0, 0.1) is 0 Å². The molecule has 0 unspecified atom stereocenters. The zero-order valence-electron chi connectivity index (χ0n) is 5.58. The summed E-state index contributed by atoms with van der Waals surface area (Å²) in [5, 5.41) is 0. The Morgan fingerprint density at radius 2 is 1.64 bits per heavy atom. The molecule has 0 aliphatic carbocycles. The molecular formula is C3H5N3O4Si. The van der Waals surface area contributed by atoms with Crippen molar-refractivity contribution in [3.8, 4) is 0 Å². The van der Waals surface area contributed by atoms with E-state index in [0.29, 0.717) is 4.73 Å². The highest BCUT2D eigenvalue weighted by Gasteiger charge is 1.98. The van der Waals surface area contributed by atoms with Crippen molar-refractivity contribution >= 4 is 10.5 Å². The summed E-state index contributed by atoms with van der Waals surface area (Å²) >= 11 is 0. The van der Waals surface area contributed by atoms with Crippen LogP contribution in [0.25, 0.3) is 0 Å². The molecule has 0 radical (unpaired) electrons. The highest BCUT2D eigenvalue weighted by atomic mass is 28.2. The first kappa shape index (κ1) is 7.53. The zero-order chi connectivity index (χ0) is 8.43. The van der Waals surface area contributed by atoms with Crippen molar-refractivity contribution in [2.24, 2.45) is 0 Å². The Morgan fingerprint density at radius 1 is 1.18 bits per heavy atom. The monoisotopic (exact) mass is 175 g/mol. The standard InChI is InChI=1S/C3H5N3O4Si/c7-1-4-2(8)6(10-11)3(9)5-1/h11H3,(H2,4,5,7,8,9). The Hall–Kier alpha value is -1.57. The molecule has 0 atom stereocenters. The van der Waals surface area contributed by atoms with Crippen LogP contribution in [-0.4, -0.2) is 25.2 Å². The van der Waals surface area contributed by atoms with Gasteiger partial charge in [-0.1, -0.05) is 4.73 Å². The maximum atomic E-state index is 10.7. The predicted octanol–water partition coefficient (Wildman–Crippen LogP) is -4.07. The molecule has 8 heteroatoms. The molecule has 11 heavy (non-hydrogen) atoms. The predicted molar refractivity (Wildman–Crippen MR) is 38.5 cm³/mol. The summed E-state index contributed by atoms with van der Waals surface area (Å²) < 4.78 is 4.91. The van der Waals surface area contributed by atoms with Crippen molar-refractivity contribution in [1.29, 1.82) is 0 Å². The van der Waals surface area contributed by atoms with Crippen molar-refractivity contribution in [3.05, 3.63) is 31.5 Å². The average Bonchev–Trinajstić information content (AvgIpc) is 1.85. The van der Waals surface area contributed by atoms with E-state index in [4.69, 9.17) is 0 Å². The van der Waals surface area contributed by atoms with Crippen LogP contribution in [-0.2, 0) is 0 Å². The summed E-state index contributed by atoms with van der Waals surface area (Å²) in [5.74, 6) is 0. The molecule has 7 nitrogen and oxygen atoms in total. The lowest BCUT2D eigenvalue weighted by molar-refractivity contribution is 0.259. The second-order valence-electron chi connectivity index (χ2n) is 1.67. The summed E-state index contributed by atoms with van der Waals surface area (Å²) in [6.07, 6.45) is 0. The molecule has 1 rings (SSSR count). The summed E-state index contributed by atoms with van der Waals surface area (Å²) in [4.78, 5) is 35.4. The molecule has 60 valence electrons. The van der Waals surface area contributed by atoms with Crippen LogP contribution < -0.4 is 21.6 Å². The minimum atomic E-state index is -0.867. The molecule has 0 aliphatic rings. The molecule has 1 aromatic rings. The molecule has 0 aromatic carbocycles. The van der Waals surface area contributed by atoms with Gasteiger partial charge in [0, 0.05) is 0 Å². The summed E-state index contributed by atoms with van der Waals surface area (Å²) in [7, 11) is 0.193. The number of aromatic nitrogens is 3. The topological polar surface area (TPSA) is 96.9 Å². The van der Waals surface area contributed by atoms with Crippen molar-refractivity contribution in [3.63, 3.8) is 0 Å². The lowest BCUT2D eigenvalue weighted by Gasteiger charge is -1.98. The first-order valence-corrected chi connectivity index (χ1v) is 3.47. The molecule has 0 saturated carbocycles. The Bertz CT molecular complexity index is 379. The van der Waals surface area contributed by atoms with E-state index in [-0.39, 0.29) is 10.5 Å². The first-order chi connectivity index (χ1) is 5.15. The van der Waals surface area contributed by atoms with E-state index in [1.807, 2.05) is 9.97 Å². The van der Waals surface area contributed by atoms with E-state index in [0.717, 1.165) is 0 Å².